The number of oxazole rings is 1. The van der Waals surface area contributed by atoms with Crippen molar-refractivity contribution in [2.24, 2.45) is 0 Å². The third-order valence-corrected chi connectivity index (χ3v) is 2.57. The quantitative estimate of drug-likeness (QED) is 0.731. The Morgan fingerprint density at radius 2 is 2.29 bits per heavy atom. The average molecular weight is 194 g/mol. The highest BCUT2D eigenvalue weighted by atomic mass is 16.4. The Morgan fingerprint density at radius 1 is 1.50 bits per heavy atom. The molecule has 1 aromatic heterocycles. The molecule has 0 saturated carbocycles. The first-order valence-corrected chi connectivity index (χ1v) is 4.86. The summed E-state index contributed by atoms with van der Waals surface area (Å²) >= 11 is 0. The van der Waals surface area contributed by atoms with E-state index in [9.17, 15) is 4.79 Å². The molecule has 76 valence electrons. The third kappa shape index (κ3) is 1.70. The number of rotatable bonds is 1. The Morgan fingerprint density at radius 3 is 2.86 bits per heavy atom. The van der Waals surface area contributed by atoms with Crippen LogP contribution in [0, 0.1) is 13.8 Å². The average Bonchev–Trinajstić information content (AvgIpc) is 2.47. The van der Waals surface area contributed by atoms with Gasteiger partial charge in [0.05, 0.1) is 11.7 Å². The summed E-state index contributed by atoms with van der Waals surface area (Å²) in [6.07, 6.45) is 1.12. The largest absolute Gasteiger partial charge is 0.444 e. The van der Waals surface area contributed by atoms with Gasteiger partial charge in [-0.2, -0.15) is 0 Å². The van der Waals surface area contributed by atoms with Gasteiger partial charge in [-0.3, -0.25) is 4.79 Å². The molecule has 4 heteroatoms. The molecule has 0 bridgehead atoms. The first kappa shape index (κ1) is 9.40. The van der Waals surface area contributed by atoms with Crippen molar-refractivity contribution >= 4 is 5.78 Å². The van der Waals surface area contributed by atoms with Crippen LogP contribution in [0.2, 0.25) is 0 Å². The summed E-state index contributed by atoms with van der Waals surface area (Å²) in [7, 11) is 0. The predicted octanol–water partition coefficient (Wildman–Crippen LogP) is 1.29. The summed E-state index contributed by atoms with van der Waals surface area (Å²) in [5, 5.41) is 3.23. The molecular formula is C10H14N2O2. The number of nitrogens with zero attached hydrogens (tertiary/aromatic N) is 1. The van der Waals surface area contributed by atoms with E-state index in [0.29, 0.717) is 18.7 Å². The van der Waals surface area contributed by atoms with Crippen LogP contribution in [0.15, 0.2) is 4.42 Å². The van der Waals surface area contributed by atoms with Gasteiger partial charge in [0.15, 0.2) is 0 Å². The summed E-state index contributed by atoms with van der Waals surface area (Å²) in [6, 6.07) is -0.0244. The zero-order chi connectivity index (χ0) is 10.1. The van der Waals surface area contributed by atoms with Crippen molar-refractivity contribution in [2.45, 2.75) is 32.7 Å². The molecule has 4 nitrogen and oxygen atoms in total. The second-order valence-corrected chi connectivity index (χ2v) is 3.69. The van der Waals surface area contributed by atoms with Crippen molar-refractivity contribution in [1.29, 1.82) is 0 Å². The Hall–Kier alpha value is -1.16. The Labute approximate surface area is 82.7 Å². The van der Waals surface area contributed by atoms with Gasteiger partial charge in [-0.15, -0.1) is 0 Å². The monoisotopic (exact) mass is 194 g/mol. The minimum absolute atomic E-state index is 0.0244. The number of piperidine rings is 1. The van der Waals surface area contributed by atoms with E-state index in [2.05, 4.69) is 10.3 Å². The summed E-state index contributed by atoms with van der Waals surface area (Å²) in [5.41, 5.74) is 0.903. The van der Waals surface area contributed by atoms with Gasteiger partial charge in [0.2, 0.25) is 5.89 Å². The van der Waals surface area contributed by atoms with Gasteiger partial charge in [0.1, 0.15) is 11.5 Å². The van der Waals surface area contributed by atoms with E-state index < -0.39 is 0 Å². The van der Waals surface area contributed by atoms with Crippen molar-refractivity contribution in [1.82, 2.24) is 10.3 Å². The number of ketones is 1. The summed E-state index contributed by atoms with van der Waals surface area (Å²) < 4.78 is 5.48. The fourth-order valence-corrected chi connectivity index (χ4v) is 1.61. The van der Waals surface area contributed by atoms with Gasteiger partial charge >= 0.3 is 0 Å². The number of aryl methyl sites for hydroxylation is 2. The van der Waals surface area contributed by atoms with Crippen molar-refractivity contribution in [3.05, 3.63) is 17.3 Å². The minimum Gasteiger partial charge on any atom is -0.444 e. The first-order chi connectivity index (χ1) is 6.66. The van der Waals surface area contributed by atoms with Crippen molar-refractivity contribution in [2.75, 3.05) is 6.54 Å². The lowest BCUT2D eigenvalue weighted by atomic mass is 10.0. The lowest BCUT2D eigenvalue weighted by Gasteiger charge is -2.19. The maximum atomic E-state index is 11.2. The molecule has 1 saturated heterocycles. The second kappa shape index (κ2) is 3.53. The van der Waals surface area contributed by atoms with Gasteiger partial charge < -0.3 is 9.73 Å². The lowest BCUT2D eigenvalue weighted by molar-refractivity contribution is -0.120. The van der Waals surface area contributed by atoms with E-state index in [-0.39, 0.29) is 11.8 Å². The number of hydrogen-bond donors (Lipinski definition) is 1. The van der Waals surface area contributed by atoms with Crippen LogP contribution in [-0.2, 0) is 4.79 Å². The van der Waals surface area contributed by atoms with E-state index in [1.807, 2.05) is 13.8 Å². The van der Waals surface area contributed by atoms with E-state index >= 15 is 0 Å². The van der Waals surface area contributed by atoms with Gasteiger partial charge in [-0.1, -0.05) is 0 Å². The molecular weight excluding hydrogens is 180 g/mol. The third-order valence-electron chi connectivity index (χ3n) is 2.57. The SMILES string of the molecule is Cc1nc(C2CC(=O)CCN2)oc1C. The van der Waals surface area contributed by atoms with Gasteiger partial charge in [-0.25, -0.2) is 4.98 Å². The fraction of sp³-hybridized carbons (Fsp3) is 0.600. The molecule has 1 aliphatic heterocycles. The second-order valence-electron chi connectivity index (χ2n) is 3.69. The molecule has 0 spiro atoms. The van der Waals surface area contributed by atoms with Crippen molar-refractivity contribution < 1.29 is 9.21 Å². The van der Waals surface area contributed by atoms with Crippen LogP contribution in [0.4, 0.5) is 0 Å². The van der Waals surface area contributed by atoms with Crippen LogP contribution in [0.1, 0.15) is 36.2 Å². The van der Waals surface area contributed by atoms with Gasteiger partial charge in [0.25, 0.3) is 0 Å². The molecule has 1 N–H and O–H groups in total. The smallest absolute Gasteiger partial charge is 0.212 e. The topological polar surface area (TPSA) is 55.1 Å². The highest BCUT2D eigenvalue weighted by Gasteiger charge is 2.24. The molecule has 1 atom stereocenters. The number of nitrogens with one attached hydrogen (secondary N) is 1. The highest BCUT2D eigenvalue weighted by Crippen LogP contribution is 2.22. The zero-order valence-electron chi connectivity index (χ0n) is 8.46. The van der Waals surface area contributed by atoms with Crippen LogP contribution in [0.5, 0.6) is 0 Å². The molecule has 1 unspecified atom stereocenters. The summed E-state index contributed by atoms with van der Waals surface area (Å²) in [6.45, 7) is 4.52. The number of aromatic nitrogens is 1. The molecule has 14 heavy (non-hydrogen) atoms. The van der Waals surface area contributed by atoms with Crippen LogP contribution in [-0.4, -0.2) is 17.3 Å². The minimum atomic E-state index is -0.0244. The molecule has 0 radical (unpaired) electrons. The molecule has 2 heterocycles. The molecule has 0 aromatic carbocycles. The predicted molar refractivity (Wildman–Crippen MR) is 51.0 cm³/mol. The lowest BCUT2D eigenvalue weighted by Crippen LogP contribution is -2.32. The molecule has 0 aliphatic carbocycles. The Bertz CT molecular complexity index is 338. The van der Waals surface area contributed by atoms with E-state index in [4.69, 9.17) is 4.42 Å². The Balaban J connectivity index is 2.17. The van der Waals surface area contributed by atoms with E-state index in [1.54, 1.807) is 0 Å². The number of carbonyl (C=O) groups excluding carboxylic acids is 1. The Kier molecular flexibility index (Phi) is 2.37. The summed E-state index contributed by atoms with van der Waals surface area (Å²) in [4.78, 5) is 15.5. The van der Waals surface area contributed by atoms with Crippen molar-refractivity contribution in [3.63, 3.8) is 0 Å². The van der Waals surface area contributed by atoms with E-state index in [0.717, 1.165) is 18.0 Å². The van der Waals surface area contributed by atoms with Crippen molar-refractivity contribution in [3.8, 4) is 0 Å². The number of Topliss-reactive ketones (excluding diaryl/α,β-unsaturated/α-hetero) is 1. The number of hydrogen-bond acceptors (Lipinski definition) is 4. The molecule has 2 rings (SSSR count). The maximum absolute atomic E-state index is 11.2. The number of carbonyl (C=O) groups is 1. The van der Waals surface area contributed by atoms with E-state index in [1.165, 1.54) is 0 Å². The molecule has 1 aromatic rings. The fourth-order valence-electron chi connectivity index (χ4n) is 1.61. The standard InChI is InChI=1S/C10H14N2O2/c1-6-7(2)14-10(12-6)9-5-8(13)3-4-11-9/h9,11H,3-5H2,1-2H3. The van der Waals surface area contributed by atoms with Gasteiger partial charge in [-0.05, 0) is 13.8 Å². The molecule has 0 amide bonds. The highest BCUT2D eigenvalue weighted by molar-refractivity contribution is 5.80. The van der Waals surface area contributed by atoms with Crippen LogP contribution in [0.25, 0.3) is 0 Å². The normalized spacial score (nSPS) is 22.7. The first-order valence-electron chi connectivity index (χ1n) is 4.86. The zero-order valence-corrected chi connectivity index (χ0v) is 8.46. The molecule has 1 aliphatic rings. The van der Waals surface area contributed by atoms with Crippen LogP contribution in [0.3, 0.4) is 0 Å². The van der Waals surface area contributed by atoms with Crippen LogP contribution >= 0.6 is 0 Å². The maximum Gasteiger partial charge on any atom is 0.212 e. The molecule has 1 fully saturated rings. The van der Waals surface area contributed by atoms with Gasteiger partial charge in [0, 0.05) is 19.4 Å². The summed E-state index contributed by atoms with van der Waals surface area (Å²) in [5.74, 6) is 1.76. The van der Waals surface area contributed by atoms with Crippen LogP contribution < -0.4 is 5.32 Å².